The summed E-state index contributed by atoms with van der Waals surface area (Å²) < 4.78 is 0. The molecule has 8 heteroatoms. The Kier molecular flexibility index (Phi) is 7.63. The molecule has 0 bridgehead atoms. The second-order valence-corrected chi connectivity index (χ2v) is 9.90. The number of amides is 4. The van der Waals surface area contributed by atoms with Crippen molar-refractivity contribution in [2.24, 2.45) is 0 Å². The lowest BCUT2D eigenvalue weighted by Crippen LogP contribution is -2.77. The van der Waals surface area contributed by atoms with Gasteiger partial charge in [0.05, 0.1) is 12.2 Å². The van der Waals surface area contributed by atoms with Crippen molar-refractivity contribution in [3.63, 3.8) is 0 Å². The first-order chi connectivity index (χ1) is 19.0. The van der Waals surface area contributed by atoms with E-state index in [-0.39, 0.29) is 37.5 Å². The summed E-state index contributed by atoms with van der Waals surface area (Å²) in [7, 11) is 0. The number of nitrogens with one attached hydrogen (secondary N) is 1. The van der Waals surface area contributed by atoms with Gasteiger partial charge in [0.2, 0.25) is 11.8 Å². The van der Waals surface area contributed by atoms with E-state index >= 15 is 0 Å². The van der Waals surface area contributed by atoms with Crippen molar-refractivity contribution in [1.29, 1.82) is 0 Å². The van der Waals surface area contributed by atoms with Crippen LogP contribution in [0.4, 0.5) is 10.5 Å². The fourth-order valence-corrected chi connectivity index (χ4v) is 5.28. The van der Waals surface area contributed by atoms with Gasteiger partial charge in [0, 0.05) is 19.5 Å². The Bertz CT molecular complexity index is 1330. The van der Waals surface area contributed by atoms with E-state index in [1.165, 1.54) is 0 Å². The summed E-state index contributed by atoms with van der Waals surface area (Å²) in [5, 5.41) is 6.20. The number of rotatable bonds is 7. The maximum absolute atomic E-state index is 14.0. The van der Waals surface area contributed by atoms with Crippen molar-refractivity contribution in [3.05, 3.63) is 114 Å². The van der Waals surface area contributed by atoms with Crippen LogP contribution >= 0.6 is 0 Å². The molecule has 1 N–H and O–H groups in total. The number of benzene rings is 3. The van der Waals surface area contributed by atoms with Gasteiger partial charge in [0.15, 0.2) is 0 Å². The lowest BCUT2D eigenvalue weighted by Gasteiger charge is -2.55. The number of hydrazine groups is 1. The van der Waals surface area contributed by atoms with Crippen LogP contribution in [-0.2, 0) is 22.6 Å². The molecule has 2 saturated heterocycles. The molecule has 4 amide bonds. The predicted octanol–water partition coefficient (Wildman–Crippen LogP) is 3.74. The van der Waals surface area contributed by atoms with Gasteiger partial charge in [-0.25, -0.2) is 9.80 Å². The molecule has 2 aliphatic rings. The molecule has 3 aromatic rings. The number of urea groups is 1. The van der Waals surface area contributed by atoms with Crippen molar-refractivity contribution in [2.45, 2.75) is 32.1 Å². The summed E-state index contributed by atoms with van der Waals surface area (Å²) >= 11 is 0. The molecule has 39 heavy (non-hydrogen) atoms. The summed E-state index contributed by atoms with van der Waals surface area (Å²) in [6.45, 7) is 6.50. The Hall–Kier alpha value is -4.59. The fraction of sp³-hybridized carbons (Fsp3) is 0.258. The summed E-state index contributed by atoms with van der Waals surface area (Å²) in [4.78, 5) is 44.8. The molecule has 2 heterocycles. The lowest BCUT2D eigenvalue weighted by molar-refractivity contribution is -0.166. The smallest absolute Gasteiger partial charge is 0.333 e. The van der Waals surface area contributed by atoms with Crippen molar-refractivity contribution in [2.75, 3.05) is 24.6 Å². The van der Waals surface area contributed by atoms with Gasteiger partial charge in [-0.1, -0.05) is 84.4 Å². The van der Waals surface area contributed by atoms with E-state index in [4.69, 9.17) is 0 Å². The van der Waals surface area contributed by atoms with Gasteiger partial charge in [0.25, 0.3) is 0 Å². The van der Waals surface area contributed by atoms with Crippen LogP contribution in [0.25, 0.3) is 0 Å². The Morgan fingerprint density at radius 3 is 2.23 bits per heavy atom. The highest BCUT2D eigenvalue weighted by Gasteiger charge is 2.51. The summed E-state index contributed by atoms with van der Waals surface area (Å²) in [5.74, 6) is -0.315. The number of carbonyl (C=O) groups excluding carboxylic acids is 3. The second-order valence-electron chi connectivity index (χ2n) is 9.90. The second kappa shape index (κ2) is 11.4. The number of aryl methyl sites for hydroxylation is 1. The van der Waals surface area contributed by atoms with E-state index in [9.17, 15) is 14.4 Å². The number of carbonyl (C=O) groups is 3. The summed E-state index contributed by atoms with van der Waals surface area (Å²) in [6.07, 6.45) is 1.29. The van der Waals surface area contributed by atoms with Gasteiger partial charge < -0.3 is 15.1 Å². The fourth-order valence-electron chi connectivity index (χ4n) is 5.28. The first kappa shape index (κ1) is 26.0. The number of fused-ring (bicyclic) bond motifs is 1. The zero-order valence-corrected chi connectivity index (χ0v) is 22.1. The molecule has 5 rings (SSSR count). The number of hydrogen-bond donors (Lipinski definition) is 1. The molecule has 8 nitrogen and oxygen atoms in total. The molecule has 200 valence electrons. The minimum Gasteiger partial charge on any atom is -0.333 e. The van der Waals surface area contributed by atoms with Gasteiger partial charge in [-0.3, -0.25) is 14.6 Å². The lowest BCUT2D eigenvalue weighted by atomic mass is 9.98. The molecule has 0 saturated carbocycles. The molecule has 3 aromatic carbocycles. The van der Waals surface area contributed by atoms with Crippen LogP contribution in [0.3, 0.4) is 0 Å². The highest BCUT2D eigenvalue weighted by molar-refractivity contribution is 5.93. The highest BCUT2D eigenvalue weighted by Crippen LogP contribution is 2.32. The largest absolute Gasteiger partial charge is 0.338 e. The quantitative estimate of drug-likeness (QED) is 0.479. The van der Waals surface area contributed by atoms with Gasteiger partial charge in [-0.2, -0.15) is 0 Å². The van der Waals surface area contributed by atoms with Crippen LogP contribution < -0.4 is 10.3 Å². The Morgan fingerprint density at radius 2 is 1.59 bits per heavy atom. The van der Waals surface area contributed by atoms with E-state index < -0.39 is 12.2 Å². The maximum atomic E-state index is 14.0. The van der Waals surface area contributed by atoms with Crippen molar-refractivity contribution in [3.8, 4) is 0 Å². The molecular weight excluding hydrogens is 490 g/mol. The van der Waals surface area contributed by atoms with Crippen LogP contribution in [0.1, 0.15) is 16.7 Å². The molecule has 0 radical (unpaired) electrons. The van der Waals surface area contributed by atoms with Crippen LogP contribution in [0, 0.1) is 6.92 Å². The Morgan fingerprint density at radius 1 is 0.949 bits per heavy atom. The molecule has 0 aromatic heterocycles. The van der Waals surface area contributed by atoms with Crippen molar-refractivity contribution < 1.29 is 14.4 Å². The molecule has 0 unspecified atom stereocenters. The third-order valence-electron chi connectivity index (χ3n) is 7.18. The molecule has 2 aliphatic heterocycles. The number of anilines is 1. The highest BCUT2D eigenvalue weighted by atomic mass is 16.2. The van der Waals surface area contributed by atoms with Gasteiger partial charge >= 0.3 is 6.03 Å². The third-order valence-corrected chi connectivity index (χ3v) is 7.18. The molecule has 2 atom stereocenters. The third kappa shape index (κ3) is 5.50. The normalized spacial score (nSPS) is 19.1. The average molecular weight is 524 g/mol. The zero-order valence-electron chi connectivity index (χ0n) is 22.1. The minimum atomic E-state index is -0.739. The minimum absolute atomic E-state index is 0.0572. The van der Waals surface area contributed by atoms with Gasteiger partial charge in [-0.15, -0.1) is 6.58 Å². The molecule has 2 fully saturated rings. The number of nitrogens with zero attached hydrogens (tertiary/aromatic N) is 4. The predicted molar refractivity (Wildman–Crippen MR) is 150 cm³/mol. The molecular formula is C31H33N5O3. The van der Waals surface area contributed by atoms with Crippen molar-refractivity contribution in [1.82, 2.24) is 20.1 Å². The monoisotopic (exact) mass is 523 g/mol. The van der Waals surface area contributed by atoms with E-state index in [0.717, 1.165) is 22.4 Å². The van der Waals surface area contributed by atoms with E-state index in [0.29, 0.717) is 13.0 Å². The summed E-state index contributed by atoms with van der Waals surface area (Å²) in [5.41, 5.74) is 3.74. The number of piperazine rings is 1. The van der Waals surface area contributed by atoms with E-state index in [1.54, 1.807) is 25.9 Å². The Balaban J connectivity index is 1.56. The average Bonchev–Trinajstić information content (AvgIpc) is 2.95. The van der Waals surface area contributed by atoms with Gasteiger partial charge in [-0.05, 0) is 30.2 Å². The van der Waals surface area contributed by atoms with Crippen molar-refractivity contribution >= 4 is 23.5 Å². The van der Waals surface area contributed by atoms with Crippen LogP contribution in [0.15, 0.2) is 97.6 Å². The Labute approximate surface area is 229 Å². The molecule has 0 aliphatic carbocycles. The maximum Gasteiger partial charge on any atom is 0.338 e. The first-order valence-electron chi connectivity index (χ1n) is 13.2. The summed E-state index contributed by atoms with van der Waals surface area (Å²) in [6, 6.07) is 26.1. The van der Waals surface area contributed by atoms with E-state index in [2.05, 4.69) is 11.9 Å². The van der Waals surface area contributed by atoms with Gasteiger partial charge in [0.1, 0.15) is 18.8 Å². The first-order valence-corrected chi connectivity index (χ1v) is 13.2. The molecule has 0 spiro atoms. The van der Waals surface area contributed by atoms with Crippen LogP contribution in [0.5, 0.6) is 0 Å². The zero-order chi connectivity index (χ0) is 27.4. The number of hydrogen-bond acceptors (Lipinski definition) is 4. The standard InChI is InChI=1S/C31H33N5O3/c1-3-18-32-31(39)36-28-21-33(20-25-12-8-5-9-13-25)30(38)27(19-24-10-6-4-7-11-24)35(28)29(37)22-34(36)26-16-14-23(2)15-17-26/h3-17,27-28H,1,18-22H2,2H3,(H,32,39)/t27-,28-/m0/s1. The topological polar surface area (TPSA) is 76.2 Å². The van der Waals surface area contributed by atoms with Crippen LogP contribution in [0.2, 0.25) is 0 Å². The van der Waals surface area contributed by atoms with E-state index in [1.807, 2.05) is 91.9 Å². The SMILES string of the molecule is C=CCNC(=O)N1[C@H]2CN(Cc3ccccc3)C(=O)[C@H](Cc3ccccc3)N2C(=O)CN1c1ccc(C)cc1. The van der Waals surface area contributed by atoms with Crippen LogP contribution in [-0.4, -0.2) is 64.5 Å².